The first-order valence-corrected chi connectivity index (χ1v) is 6.15. The fourth-order valence-electron chi connectivity index (χ4n) is 1.85. The third kappa shape index (κ3) is 1.65. The van der Waals surface area contributed by atoms with E-state index in [-0.39, 0.29) is 0 Å². The summed E-state index contributed by atoms with van der Waals surface area (Å²) in [6.45, 7) is 1.84. The van der Waals surface area contributed by atoms with Gasteiger partial charge in [-0.3, -0.25) is 0 Å². The highest BCUT2D eigenvalue weighted by molar-refractivity contribution is 14.1. The van der Waals surface area contributed by atoms with Crippen molar-refractivity contribution in [2.45, 2.75) is 19.1 Å². The zero-order chi connectivity index (χ0) is 10.3. The van der Waals surface area contributed by atoms with Crippen LogP contribution in [-0.4, -0.2) is 22.3 Å². The number of halogens is 1. The number of para-hydroxylation sites is 2. The average molecular weight is 314 g/mol. The number of ether oxygens (including phenoxy) is 1. The second kappa shape index (κ2) is 3.75. The van der Waals surface area contributed by atoms with E-state index in [1.807, 2.05) is 6.07 Å². The summed E-state index contributed by atoms with van der Waals surface area (Å²) in [7, 11) is 0. The van der Waals surface area contributed by atoms with Crippen LogP contribution in [0.4, 0.5) is 0 Å². The number of benzene rings is 1. The smallest absolute Gasteiger partial charge is 0.172 e. The zero-order valence-electron chi connectivity index (χ0n) is 8.19. The molecule has 1 saturated heterocycles. The van der Waals surface area contributed by atoms with Gasteiger partial charge in [-0.2, -0.15) is 0 Å². The van der Waals surface area contributed by atoms with Crippen LogP contribution in [0.25, 0.3) is 11.0 Å². The van der Waals surface area contributed by atoms with Crippen LogP contribution in [0.15, 0.2) is 24.3 Å². The molecule has 1 fully saturated rings. The number of aromatic nitrogens is 2. The molecule has 1 aliphatic rings. The molecular formula is C11H11IN2O. The molecule has 0 amide bonds. The van der Waals surface area contributed by atoms with Gasteiger partial charge in [-0.1, -0.05) is 12.1 Å². The van der Waals surface area contributed by atoms with E-state index < -0.39 is 0 Å². The van der Waals surface area contributed by atoms with E-state index in [1.54, 1.807) is 0 Å². The van der Waals surface area contributed by atoms with Crippen molar-refractivity contribution >= 4 is 33.6 Å². The van der Waals surface area contributed by atoms with E-state index in [0.717, 1.165) is 22.5 Å². The predicted octanol–water partition coefficient (Wildman–Crippen LogP) is 2.43. The maximum atomic E-state index is 5.46. The summed E-state index contributed by atoms with van der Waals surface area (Å²) in [5, 5.41) is 0. The molecule has 0 radical (unpaired) electrons. The molecule has 1 aromatic carbocycles. The zero-order valence-corrected chi connectivity index (χ0v) is 10.3. The van der Waals surface area contributed by atoms with E-state index in [1.165, 1.54) is 11.9 Å². The standard InChI is InChI=1S/C11H11IN2O/c12-11-13-9-3-1-2-4-10(9)14(11)7-8-5-6-15-8/h1-4,8H,5-7H2. The fourth-order valence-corrected chi connectivity index (χ4v) is 2.57. The number of hydrogen-bond acceptors (Lipinski definition) is 2. The number of fused-ring (bicyclic) bond motifs is 1. The second-order valence-electron chi connectivity index (χ2n) is 3.76. The maximum absolute atomic E-state index is 5.46. The van der Waals surface area contributed by atoms with Gasteiger partial charge in [0.05, 0.1) is 23.7 Å². The van der Waals surface area contributed by atoms with Gasteiger partial charge >= 0.3 is 0 Å². The Hall–Kier alpha value is -0.620. The molecule has 1 aromatic heterocycles. The Morgan fingerprint density at radius 1 is 1.47 bits per heavy atom. The van der Waals surface area contributed by atoms with E-state index in [2.05, 4.69) is 50.3 Å². The molecule has 4 heteroatoms. The molecule has 0 bridgehead atoms. The summed E-state index contributed by atoms with van der Waals surface area (Å²) in [5.74, 6) is 0. The first-order valence-electron chi connectivity index (χ1n) is 5.07. The summed E-state index contributed by atoms with van der Waals surface area (Å²) >= 11 is 2.28. The highest BCUT2D eigenvalue weighted by Gasteiger charge is 2.20. The molecule has 1 atom stereocenters. The Labute approximate surface area is 102 Å². The minimum absolute atomic E-state index is 0.385. The van der Waals surface area contributed by atoms with Gasteiger partial charge in [0.1, 0.15) is 0 Å². The maximum Gasteiger partial charge on any atom is 0.172 e. The van der Waals surface area contributed by atoms with Crippen molar-refractivity contribution in [2.75, 3.05) is 6.61 Å². The van der Waals surface area contributed by atoms with Gasteiger partial charge < -0.3 is 9.30 Å². The van der Waals surface area contributed by atoms with Crippen molar-refractivity contribution in [3.8, 4) is 0 Å². The molecule has 0 N–H and O–H groups in total. The van der Waals surface area contributed by atoms with E-state index >= 15 is 0 Å². The van der Waals surface area contributed by atoms with Crippen LogP contribution in [-0.2, 0) is 11.3 Å². The van der Waals surface area contributed by atoms with Crippen molar-refractivity contribution in [3.63, 3.8) is 0 Å². The highest BCUT2D eigenvalue weighted by atomic mass is 127. The molecule has 0 spiro atoms. The Balaban J connectivity index is 2.03. The number of nitrogens with zero attached hydrogens (tertiary/aromatic N) is 2. The van der Waals surface area contributed by atoms with E-state index in [0.29, 0.717) is 6.10 Å². The Bertz CT molecular complexity index is 490. The number of rotatable bonds is 2. The van der Waals surface area contributed by atoms with Crippen LogP contribution in [0.3, 0.4) is 0 Å². The van der Waals surface area contributed by atoms with Gasteiger partial charge in [-0.25, -0.2) is 4.98 Å². The lowest BCUT2D eigenvalue weighted by atomic mass is 10.2. The molecular weight excluding hydrogens is 303 g/mol. The summed E-state index contributed by atoms with van der Waals surface area (Å²) in [5.41, 5.74) is 2.28. The second-order valence-corrected chi connectivity index (χ2v) is 4.73. The third-order valence-corrected chi connectivity index (χ3v) is 3.61. The molecule has 1 aliphatic heterocycles. The van der Waals surface area contributed by atoms with E-state index in [4.69, 9.17) is 4.74 Å². The summed E-state index contributed by atoms with van der Waals surface area (Å²) in [4.78, 5) is 4.52. The molecule has 0 aliphatic carbocycles. The highest BCUT2D eigenvalue weighted by Crippen LogP contribution is 2.21. The number of imidazole rings is 1. The van der Waals surface area contributed by atoms with Gasteiger partial charge in [-0.05, 0) is 41.1 Å². The van der Waals surface area contributed by atoms with Crippen molar-refractivity contribution in [1.29, 1.82) is 0 Å². The van der Waals surface area contributed by atoms with Gasteiger partial charge in [0, 0.05) is 6.61 Å². The van der Waals surface area contributed by atoms with Crippen LogP contribution >= 0.6 is 22.6 Å². The molecule has 1 unspecified atom stereocenters. The van der Waals surface area contributed by atoms with Crippen LogP contribution in [0.1, 0.15) is 6.42 Å². The van der Waals surface area contributed by atoms with Crippen molar-refractivity contribution < 1.29 is 4.74 Å². The largest absolute Gasteiger partial charge is 0.376 e. The van der Waals surface area contributed by atoms with Crippen molar-refractivity contribution in [1.82, 2.24) is 9.55 Å². The summed E-state index contributed by atoms with van der Waals surface area (Å²) in [6.07, 6.45) is 1.55. The number of hydrogen-bond donors (Lipinski definition) is 0. The van der Waals surface area contributed by atoms with Crippen LogP contribution in [0.2, 0.25) is 0 Å². The first kappa shape index (κ1) is 9.59. The molecule has 3 rings (SSSR count). The Morgan fingerprint density at radius 2 is 2.27 bits per heavy atom. The van der Waals surface area contributed by atoms with Crippen LogP contribution in [0.5, 0.6) is 0 Å². The van der Waals surface area contributed by atoms with Crippen molar-refractivity contribution in [2.24, 2.45) is 0 Å². The lowest BCUT2D eigenvalue weighted by Gasteiger charge is -2.27. The van der Waals surface area contributed by atoms with Gasteiger partial charge in [0.25, 0.3) is 0 Å². The molecule has 0 saturated carbocycles. The lowest BCUT2D eigenvalue weighted by Crippen LogP contribution is -2.31. The van der Waals surface area contributed by atoms with E-state index in [9.17, 15) is 0 Å². The predicted molar refractivity (Wildman–Crippen MR) is 66.8 cm³/mol. The Kier molecular flexibility index (Phi) is 2.40. The van der Waals surface area contributed by atoms with Gasteiger partial charge in [0.15, 0.2) is 3.83 Å². The topological polar surface area (TPSA) is 27.1 Å². The molecule has 2 heterocycles. The molecule has 3 nitrogen and oxygen atoms in total. The van der Waals surface area contributed by atoms with Gasteiger partial charge in [-0.15, -0.1) is 0 Å². The molecule has 15 heavy (non-hydrogen) atoms. The SMILES string of the molecule is Ic1nc2ccccc2n1CC1CCO1. The summed E-state index contributed by atoms with van der Waals surface area (Å²) < 4.78 is 8.74. The van der Waals surface area contributed by atoms with Crippen LogP contribution < -0.4 is 0 Å². The monoisotopic (exact) mass is 314 g/mol. The first-order chi connectivity index (χ1) is 7.34. The average Bonchev–Trinajstić information content (AvgIpc) is 2.48. The van der Waals surface area contributed by atoms with Gasteiger partial charge in [0.2, 0.25) is 0 Å². The molecule has 2 aromatic rings. The Morgan fingerprint density at radius 3 is 3.00 bits per heavy atom. The lowest BCUT2D eigenvalue weighted by molar-refractivity contribution is -0.0590. The molecule has 78 valence electrons. The summed E-state index contributed by atoms with van der Waals surface area (Å²) in [6, 6.07) is 8.24. The van der Waals surface area contributed by atoms with Crippen molar-refractivity contribution in [3.05, 3.63) is 28.1 Å². The quantitative estimate of drug-likeness (QED) is 0.796. The normalized spacial score (nSPS) is 20.5. The third-order valence-electron chi connectivity index (χ3n) is 2.79. The minimum Gasteiger partial charge on any atom is -0.376 e. The minimum atomic E-state index is 0.385. The fraction of sp³-hybridized carbons (Fsp3) is 0.364. The van der Waals surface area contributed by atoms with Crippen LogP contribution in [0, 0.1) is 3.83 Å².